The Balaban J connectivity index is 4.50. The van der Waals surface area contributed by atoms with Crippen LogP contribution in [0.1, 0.15) is 27.7 Å². The smallest absolute Gasteiger partial charge is 0.330 e. The summed E-state index contributed by atoms with van der Waals surface area (Å²) in [6.07, 6.45) is 13.4. The molecule has 0 spiro atoms. The molecule has 0 aliphatic rings. The quantitative estimate of drug-likeness (QED) is 0.308. The van der Waals surface area contributed by atoms with Crippen molar-refractivity contribution >= 4 is 12.3 Å². The first kappa shape index (κ1) is 17.8. The topological polar surface area (TPSA) is 43.4 Å². The molecule has 0 bridgehead atoms. The van der Waals surface area contributed by atoms with Gasteiger partial charge in [0.25, 0.3) is 0 Å². The average Bonchev–Trinajstić information content (AvgIpc) is 2.38. The molecule has 0 amide bonds. The van der Waals surface area contributed by atoms with E-state index in [2.05, 4.69) is 0 Å². The highest BCUT2D eigenvalue weighted by Gasteiger charge is 1.94. The van der Waals surface area contributed by atoms with Gasteiger partial charge in [0.2, 0.25) is 0 Å². The number of ether oxygens (including phenoxy) is 1. The summed E-state index contributed by atoms with van der Waals surface area (Å²) in [5, 5.41) is 0. The van der Waals surface area contributed by atoms with Crippen molar-refractivity contribution in [2.24, 2.45) is 0 Å². The van der Waals surface area contributed by atoms with Crippen LogP contribution in [0, 0.1) is 0 Å². The summed E-state index contributed by atoms with van der Waals surface area (Å²) in [5.41, 5.74) is 2.55. The first-order valence-corrected chi connectivity index (χ1v) is 6.49. The van der Waals surface area contributed by atoms with E-state index < -0.39 is 0 Å². The van der Waals surface area contributed by atoms with Crippen molar-refractivity contribution in [3.05, 3.63) is 59.3 Å². The number of hydrogen-bond donors (Lipinski definition) is 0. The molecule has 20 heavy (non-hydrogen) atoms. The van der Waals surface area contributed by atoms with Crippen LogP contribution < -0.4 is 0 Å². The van der Waals surface area contributed by atoms with Gasteiger partial charge < -0.3 is 4.74 Å². The summed E-state index contributed by atoms with van der Waals surface area (Å²) < 4.78 is 4.82. The zero-order valence-electron chi connectivity index (χ0n) is 12.6. The molecular weight excluding hydrogens is 252 g/mol. The first-order chi connectivity index (χ1) is 9.49. The van der Waals surface area contributed by atoms with Crippen LogP contribution in [0.2, 0.25) is 0 Å². The second-order valence-electron chi connectivity index (χ2n) is 4.30. The molecule has 3 heteroatoms. The molecule has 0 saturated heterocycles. The number of esters is 1. The molecule has 0 aliphatic carbocycles. The molecule has 0 aromatic heterocycles. The molecule has 0 radical (unpaired) electrons. The van der Waals surface area contributed by atoms with E-state index in [0.717, 1.165) is 17.4 Å². The Morgan fingerprint density at radius 3 is 2.05 bits per heavy atom. The highest BCUT2D eigenvalue weighted by Crippen LogP contribution is 2.01. The lowest BCUT2D eigenvalue weighted by atomic mass is 10.2. The molecule has 0 heterocycles. The minimum absolute atomic E-state index is 0.329. The van der Waals surface area contributed by atoms with E-state index in [0.29, 0.717) is 12.2 Å². The van der Waals surface area contributed by atoms with Gasteiger partial charge in [-0.1, -0.05) is 42.0 Å². The fraction of sp³-hybridized carbons (Fsp3) is 0.294. The van der Waals surface area contributed by atoms with Crippen LogP contribution >= 0.6 is 0 Å². The first-order valence-electron chi connectivity index (χ1n) is 6.49. The Bertz CT molecular complexity index is 474. The van der Waals surface area contributed by atoms with Crippen molar-refractivity contribution in [1.29, 1.82) is 0 Å². The Morgan fingerprint density at radius 2 is 1.50 bits per heavy atom. The summed E-state index contributed by atoms with van der Waals surface area (Å²) in [7, 11) is 0. The lowest BCUT2D eigenvalue weighted by Gasteiger charge is -1.95. The van der Waals surface area contributed by atoms with E-state index in [9.17, 15) is 9.59 Å². The maximum Gasteiger partial charge on any atom is 0.330 e. The number of carbonyl (C=O) groups is 2. The third-order valence-corrected chi connectivity index (χ3v) is 2.25. The van der Waals surface area contributed by atoms with Gasteiger partial charge >= 0.3 is 5.97 Å². The van der Waals surface area contributed by atoms with Crippen molar-refractivity contribution in [2.75, 3.05) is 6.61 Å². The van der Waals surface area contributed by atoms with Crippen LogP contribution in [-0.4, -0.2) is 18.9 Å². The number of rotatable bonds is 7. The van der Waals surface area contributed by atoms with Gasteiger partial charge in [-0.05, 0) is 38.8 Å². The Labute approximate surface area is 121 Å². The van der Waals surface area contributed by atoms with Gasteiger partial charge in [0, 0.05) is 6.08 Å². The largest absolute Gasteiger partial charge is 0.463 e. The van der Waals surface area contributed by atoms with Gasteiger partial charge in [0.05, 0.1) is 6.61 Å². The maximum atomic E-state index is 11.2. The van der Waals surface area contributed by atoms with E-state index in [-0.39, 0.29) is 5.97 Å². The molecule has 0 rings (SSSR count). The molecular formula is C17H22O3. The normalized spacial score (nSPS) is 14.1. The maximum absolute atomic E-state index is 11.2. The number of allylic oxidation sites excluding steroid dienone is 9. The highest BCUT2D eigenvalue weighted by molar-refractivity contribution is 5.83. The van der Waals surface area contributed by atoms with Crippen molar-refractivity contribution in [1.82, 2.24) is 0 Å². The van der Waals surface area contributed by atoms with Crippen LogP contribution in [0.15, 0.2) is 59.3 Å². The lowest BCUT2D eigenvalue weighted by Crippen LogP contribution is -1.99. The number of carbonyl (C=O) groups excluding carboxylic acids is 2. The second-order valence-corrected chi connectivity index (χ2v) is 4.30. The van der Waals surface area contributed by atoms with E-state index in [1.807, 2.05) is 44.2 Å². The molecule has 0 atom stereocenters. The van der Waals surface area contributed by atoms with Gasteiger partial charge in [-0.25, -0.2) is 4.79 Å². The van der Waals surface area contributed by atoms with Crippen LogP contribution in [0.4, 0.5) is 0 Å². The van der Waals surface area contributed by atoms with Crippen LogP contribution in [0.5, 0.6) is 0 Å². The summed E-state index contributed by atoms with van der Waals surface area (Å²) in [5.74, 6) is -0.329. The molecule has 0 N–H and O–H groups in total. The third kappa shape index (κ3) is 9.83. The van der Waals surface area contributed by atoms with Gasteiger partial charge in [-0.3, -0.25) is 4.79 Å². The van der Waals surface area contributed by atoms with Crippen molar-refractivity contribution in [3.63, 3.8) is 0 Å². The fourth-order valence-electron chi connectivity index (χ4n) is 1.22. The predicted octanol–water partition coefficient (Wildman–Crippen LogP) is 3.70. The van der Waals surface area contributed by atoms with Crippen LogP contribution in [0.3, 0.4) is 0 Å². The zero-order chi connectivity index (χ0) is 15.4. The molecule has 0 unspecified atom stereocenters. The molecule has 3 nitrogen and oxygen atoms in total. The summed E-state index contributed by atoms with van der Waals surface area (Å²) in [6.45, 7) is 7.69. The summed E-state index contributed by atoms with van der Waals surface area (Å²) >= 11 is 0. The average molecular weight is 274 g/mol. The van der Waals surface area contributed by atoms with Crippen LogP contribution in [0.25, 0.3) is 0 Å². The number of aldehydes is 1. The second kappa shape index (κ2) is 10.7. The van der Waals surface area contributed by atoms with Gasteiger partial charge in [0.15, 0.2) is 0 Å². The van der Waals surface area contributed by atoms with Crippen molar-refractivity contribution in [3.8, 4) is 0 Å². The molecule has 0 fully saturated rings. The van der Waals surface area contributed by atoms with Crippen molar-refractivity contribution < 1.29 is 14.3 Å². The Morgan fingerprint density at radius 1 is 0.950 bits per heavy atom. The molecule has 0 aliphatic heterocycles. The lowest BCUT2D eigenvalue weighted by molar-refractivity contribution is -0.137. The SMILES string of the molecule is CCOC(=O)/C=C(C)/C=C/C=C(C)/C=C/C=C(\C)C=O. The summed E-state index contributed by atoms with van der Waals surface area (Å²) in [4.78, 5) is 21.6. The molecule has 108 valence electrons. The standard InChI is InChI=1S/C17H22O3/c1-5-20-17(19)12-15(3)10-6-8-14(2)9-7-11-16(4)13-18/h6-13H,5H2,1-4H3/b9-7+,10-6+,14-8+,15-12+,16-11+. The Kier molecular flexibility index (Phi) is 9.57. The molecule has 0 saturated carbocycles. The number of hydrogen-bond acceptors (Lipinski definition) is 3. The minimum Gasteiger partial charge on any atom is -0.463 e. The van der Waals surface area contributed by atoms with E-state index >= 15 is 0 Å². The zero-order valence-corrected chi connectivity index (χ0v) is 12.6. The highest BCUT2D eigenvalue weighted by atomic mass is 16.5. The molecule has 0 aromatic rings. The predicted molar refractivity (Wildman–Crippen MR) is 82.2 cm³/mol. The fourth-order valence-corrected chi connectivity index (χ4v) is 1.22. The van der Waals surface area contributed by atoms with E-state index in [1.165, 1.54) is 6.08 Å². The van der Waals surface area contributed by atoms with Gasteiger partial charge in [-0.15, -0.1) is 0 Å². The van der Waals surface area contributed by atoms with E-state index in [1.54, 1.807) is 19.9 Å². The summed E-state index contributed by atoms with van der Waals surface area (Å²) in [6, 6.07) is 0. The van der Waals surface area contributed by atoms with Crippen molar-refractivity contribution in [2.45, 2.75) is 27.7 Å². The minimum atomic E-state index is -0.329. The van der Waals surface area contributed by atoms with Gasteiger partial charge in [0.1, 0.15) is 6.29 Å². The Hall–Kier alpha value is -2.16. The van der Waals surface area contributed by atoms with Gasteiger partial charge in [-0.2, -0.15) is 0 Å². The third-order valence-electron chi connectivity index (χ3n) is 2.25. The van der Waals surface area contributed by atoms with E-state index in [4.69, 9.17) is 4.74 Å². The molecule has 0 aromatic carbocycles. The monoisotopic (exact) mass is 274 g/mol. The van der Waals surface area contributed by atoms with Crippen LogP contribution in [-0.2, 0) is 14.3 Å².